The molecule has 6 nitrogen and oxygen atoms in total. The van der Waals surface area contributed by atoms with E-state index in [9.17, 15) is 9.59 Å². The van der Waals surface area contributed by atoms with E-state index in [1.807, 2.05) is 41.5 Å². The molecule has 0 aromatic heterocycles. The van der Waals surface area contributed by atoms with Crippen molar-refractivity contribution in [3.05, 3.63) is 0 Å². The minimum Gasteiger partial charge on any atom is -0.460 e. The Labute approximate surface area is 138 Å². The molecule has 132 valence electrons. The van der Waals surface area contributed by atoms with Crippen molar-refractivity contribution < 1.29 is 19.1 Å². The number of rotatable bonds is 1. The number of hydrogen-bond donors (Lipinski definition) is 1. The first kappa shape index (κ1) is 18.0. The zero-order valence-corrected chi connectivity index (χ0v) is 15.2. The largest absolute Gasteiger partial charge is 0.460 e. The first-order valence-corrected chi connectivity index (χ1v) is 8.33. The molecule has 1 N–H and O–H groups in total. The Morgan fingerprint density at radius 2 is 1.70 bits per heavy atom. The van der Waals surface area contributed by atoms with E-state index in [2.05, 4.69) is 5.32 Å². The summed E-state index contributed by atoms with van der Waals surface area (Å²) >= 11 is 0. The van der Waals surface area contributed by atoms with Crippen LogP contribution in [0.15, 0.2) is 0 Å². The lowest BCUT2D eigenvalue weighted by Crippen LogP contribution is -2.42. The number of likely N-dealkylation sites (tertiary alicyclic amines) is 1. The molecule has 2 heterocycles. The van der Waals surface area contributed by atoms with Crippen LogP contribution in [0.1, 0.15) is 48.0 Å². The first-order valence-electron chi connectivity index (χ1n) is 8.33. The second-order valence-electron chi connectivity index (χ2n) is 8.73. The number of nitrogens with zero attached hydrogens (tertiary/aromatic N) is 1. The van der Waals surface area contributed by atoms with Gasteiger partial charge in [-0.3, -0.25) is 4.79 Å². The maximum Gasteiger partial charge on any atom is 0.410 e. The third-order valence-electron chi connectivity index (χ3n) is 4.29. The molecule has 0 aromatic rings. The van der Waals surface area contributed by atoms with Crippen LogP contribution in [-0.4, -0.2) is 54.3 Å². The van der Waals surface area contributed by atoms with Crippen LogP contribution in [0, 0.1) is 11.3 Å². The van der Waals surface area contributed by atoms with Gasteiger partial charge in [0, 0.05) is 31.6 Å². The number of hydrogen-bond acceptors (Lipinski definition) is 5. The van der Waals surface area contributed by atoms with Crippen molar-refractivity contribution in [1.29, 1.82) is 0 Å². The summed E-state index contributed by atoms with van der Waals surface area (Å²) < 4.78 is 11.0. The Hall–Kier alpha value is -1.30. The molecule has 0 saturated carbocycles. The predicted octanol–water partition coefficient (Wildman–Crippen LogP) is 2.17. The van der Waals surface area contributed by atoms with Crippen molar-refractivity contribution in [3.63, 3.8) is 0 Å². The summed E-state index contributed by atoms with van der Waals surface area (Å²) in [6.45, 7) is 13.7. The summed E-state index contributed by atoms with van der Waals surface area (Å²) in [5.74, 6) is -0.386. The van der Waals surface area contributed by atoms with Gasteiger partial charge in [0.05, 0.1) is 5.92 Å². The SMILES string of the molecule is CC(C)(C)OC(=O)C1CNCC12CCN(C(=O)OC(C)(C)C)C2. The van der Waals surface area contributed by atoms with Gasteiger partial charge in [-0.15, -0.1) is 0 Å². The Kier molecular flexibility index (Phi) is 4.68. The van der Waals surface area contributed by atoms with E-state index < -0.39 is 11.2 Å². The molecule has 2 fully saturated rings. The van der Waals surface area contributed by atoms with Crippen molar-refractivity contribution >= 4 is 12.1 Å². The van der Waals surface area contributed by atoms with Crippen LogP contribution in [0.3, 0.4) is 0 Å². The fourth-order valence-corrected chi connectivity index (χ4v) is 3.32. The average Bonchev–Trinajstić information content (AvgIpc) is 2.93. The summed E-state index contributed by atoms with van der Waals surface area (Å²) in [6.07, 6.45) is 0.493. The van der Waals surface area contributed by atoms with E-state index >= 15 is 0 Å². The minimum atomic E-state index is -0.509. The Morgan fingerprint density at radius 1 is 1.09 bits per heavy atom. The maximum atomic E-state index is 12.5. The van der Waals surface area contributed by atoms with Crippen LogP contribution in [0.4, 0.5) is 4.79 Å². The van der Waals surface area contributed by atoms with Crippen LogP contribution in [0.5, 0.6) is 0 Å². The lowest BCUT2D eigenvalue weighted by Gasteiger charge is -2.31. The van der Waals surface area contributed by atoms with Gasteiger partial charge in [-0.1, -0.05) is 0 Å². The predicted molar refractivity (Wildman–Crippen MR) is 87.1 cm³/mol. The van der Waals surface area contributed by atoms with E-state index in [1.165, 1.54) is 0 Å². The second kappa shape index (κ2) is 5.96. The van der Waals surface area contributed by atoms with Gasteiger partial charge in [0.2, 0.25) is 0 Å². The Morgan fingerprint density at radius 3 is 2.26 bits per heavy atom. The van der Waals surface area contributed by atoms with Gasteiger partial charge in [-0.05, 0) is 48.0 Å². The summed E-state index contributed by atoms with van der Waals surface area (Å²) in [6, 6.07) is 0. The number of ether oxygens (including phenoxy) is 2. The van der Waals surface area contributed by atoms with Gasteiger partial charge >= 0.3 is 12.1 Å². The zero-order chi connectivity index (χ0) is 17.5. The molecule has 2 aliphatic heterocycles. The van der Waals surface area contributed by atoms with Gasteiger partial charge in [-0.2, -0.15) is 0 Å². The molecule has 2 rings (SSSR count). The molecule has 0 radical (unpaired) electrons. The van der Waals surface area contributed by atoms with Crippen molar-refractivity contribution in [2.45, 2.75) is 59.2 Å². The summed E-state index contributed by atoms with van der Waals surface area (Å²) in [5, 5.41) is 3.30. The molecule has 0 aliphatic carbocycles. The van der Waals surface area contributed by atoms with Gasteiger partial charge in [-0.25, -0.2) is 4.79 Å². The Bertz CT molecular complexity index is 478. The highest BCUT2D eigenvalue weighted by molar-refractivity contribution is 5.75. The fraction of sp³-hybridized carbons (Fsp3) is 0.882. The molecule has 2 saturated heterocycles. The number of amides is 1. The molecule has 2 atom stereocenters. The van der Waals surface area contributed by atoms with Crippen LogP contribution in [0.2, 0.25) is 0 Å². The van der Waals surface area contributed by atoms with Crippen LogP contribution >= 0.6 is 0 Å². The molecule has 23 heavy (non-hydrogen) atoms. The molecule has 2 aliphatic rings. The number of carbonyl (C=O) groups is 2. The maximum absolute atomic E-state index is 12.5. The van der Waals surface area contributed by atoms with Gasteiger partial charge in [0.15, 0.2) is 0 Å². The lowest BCUT2D eigenvalue weighted by atomic mass is 9.77. The molecule has 2 unspecified atom stereocenters. The quantitative estimate of drug-likeness (QED) is 0.748. The topological polar surface area (TPSA) is 67.9 Å². The number of carbonyl (C=O) groups excluding carboxylic acids is 2. The molecule has 0 aromatic carbocycles. The molecule has 6 heteroatoms. The number of nitrogens with one attached hydrogen (secondary N) is 1. The van der Waals surface area contributed by atoms with Gasteiger partial charge in [0.25, 0.3) is 0 Å². The third kappa shape index (κ3) is 4.37. The molecular weight excluding hydrogens is 296 g/mol. The molecular formula is C17H30N2O4. The van der Waals surface area contributed by atoms with E-state index in [4.69, 9.17) is 9.47 Å². The van der Waals surface area contributed by atoms with Crippen molar-refractivity contribution in [1.82, 2.24) is 10.2 Å². The van der Waals surface area contributed by atoms with Crippen molar-refractivity contribution in [2.75, 3.05) is 26.2 Å². The van der Waals surface area contributed by atoms with Crippen molar-refractivity contribution in [2.24, 2.45) is 11.3 Å². The molecule has 1 spiro atoms. The van der Waals surface area contributed by atoms with E-state index in [-0.39, 0.29) is 23.4 Å². The normalized spacial score (nSPS) is 28.3. The highest BCUT2D eigenvalue weighted by Gasteiger charge is 2.53. The zero-order valence-electron chi connectivity index (χ0n) is 15.2. The van der Waals surface area contributed by atoms with E-state index in [0.29, 0.717) is 19.6 Å². The molecule has 1 amide bonds. The van der Waals surface area contributed by atoms with Crippen LogP contribution < -0.4 is 5.32 Å². The third-order valence-corrected chi connectivity index (χ3v) is 4.29. The monoisotopic (exact) mass is 326 g/mol. The summed E-state index contributed by atoms with van der Waals surface area (Å²) in [7, 11) is 0. The van der Waals surface area contributed by atoms with Gasteiger partial charge < -0.3 is 19.7 Å². The lowest BCUT2D eigenvalue weighted by molar-refractivity contribution is -0.162. The van der Waals surface area contributed by atoms with E-state index in [1.54, 1.807) is 4.90 Å². The summed E-state index contributed by atoms with van der Waals surface area (Å²) in [4.78, 5) is 26.5. The molecule has 0 bridgehead atoms. The second-order valence-corrected chi connectivity index (χ2v) is 8.73. The van der Waals surface area contributed by atoms with Crippen molar-refractivity contribution in [3.8, 4) is 0 Å². The standard InChI is InChI=1S/C17H30N2O4/c1-15(2,3)22-13(20)12-9-18-10-17(12)7-8-19(11-17)14(21)23-16(4,5)6/h12,18H,7-11H2,1-6H3. The average molecular weight is 326 g/mol. The van der Waals surface area contributed by atoms with Gasteiger partial charge in [0.1, 0.15) is 11.2 Å². The number of esters is 1. The first-order chi connectivity index (χ1) is 10.4. The smallest absolute Gasteiger partial charge is 0.410 e. The van der Waals surface area contributed by atoms with Crippen LogP contribution in [0.25, 0.3) is 0 Å². The Balaban J connectivity index is 2.05. The van der Waals surface area contributed by atoms with Crippen LogP contribution in [-0.2, 0) is 14.3 Å². The fourth-order valence-electron chi connectivity index (χ4n) is 3.32. The minimum absolute atomic E-state index is 0.173. The van der Waals surface area contributed by atoms with E-state index in [0.717, 1.165) is 13.0 Å². The highest BCUT2D eigenvalue weighted by atomic mass is 16.6. The summed E-state index contributed by atoms with van der Waals surface area (Å²) in [5.41, 5.74) is -1.24. The highest BCUT2D eigenvalue weighted by Crippen LogP contribution is 2.42.